The number of nitrogens with zero attached hydrogens (tertiary/aromatic N) is 5. The normalized spacial score (nSPS) is 16.6. The van der Waals surface area contributed by atoms with E-state index in [0.29, 0.717) is 0 Å². The lowest BCUT2D eigenvalue weighted by atomic mass is 9.96. The molecule has 1 aromatic heterocycles. The lowest BCUT2D eigenvalue weighted by Gasteiger charge is -2.31. The maximum atomic E-state index is 12.8. The van der Waals surface area contributed by atoms with Gasteiger partial charge in [0.1, 0.15) is 0 Å². The summed E-state index contributed by atoms with van der Waals surface area (Å²) < 4.78 is 1.75. The summed E-state index contributed by atoms with van der Waals surface area (Å²) in [5.41, 5.74) is 4.66. The van der Waals surface area contributed by atoms with Crippen LogP contribution in [0.3, 0.4) is 0 Å². The maximum absolute atomic E-state index is 12.8. The predicted molar refractivity (Wildman–Crippen MR) is 111 cm³/mol. The van der Waals surface area contributed by atoms with E-state index in [4.69, 9.17) is 0 Å². The average molecular weight is 388 g/mol. The minimum atomic E-state index is 0.0144. The number of aryl methyl sites for hydroxylation is 2. The molecule has 1 N–H and O–H groups in total. The molecule has 2 aromatic carbocycles. The molecule has 0 atom stereocenters. The summed E-state index contributed by atoms with van der Waals surface area (Å²) in [5.74, 6) is 0.861. The van der Waals surface area contributed by atoms with E-state index in [0.717, 1.165) is 56.1 Å². The SMILES string of the molecule is O=C(Nc1ccc2c(c1)CCC2)C1CCN(c2nnnn2-c2ccccc2)CC1. The van der Waals surface area contributed by atoms with E-state index in [1.807, 2.05) is 36.4 Å². The Morgan fingerprint density at radius 3 is 2.62 bits per heavy atom. The Bertz CT molecular complexity index is 1010. The van der Waals surface area contributed by atoms with Crippen molar-refractivity contribution in [3.05, 3.63) is 59.7 Å². The Morgan fingerprint density at radius 2 is 1.79 bits per heavy atom. The van der Waals surface area contributed by atoms with Crippen LogP contribution in [0.15, 0.2) is 48.5 Å². The zero-order chi connectivity index (χ0) is 19.6. The van der Waals surface area contributed by atoms with Gasteiger partial charge >= 0.3 is 0 Å². The van der Waals surface area contributed by atoms with Gasteiger partial charge in [0.2, 0.25) is 11.9 Å². The number of fused-ring (bicyclic) bond motifs is 1. The molecule has 1 aliphatic heterocycles. The fraction of sp³-hybridized carbons (Fsp3) is 0.364. The van der Waals surface area contributed by atoms with E-state index < -0.39 is 0 Å². The number of hydrogen-bond acceptors (Lipinski definition) is 5. The third kappa shape index (κ3) is 3.60. The van der Waals surface area contributed by atoms with Crippen LogP contribution in [-0.4, -0.2) is 39.2 Å². The van der Waals surface area contributed by atoms with Gasteiger partial charge in [-0.2, -0.15) is 4.68 Å². The Morgan fingerprint density at radius 1 is 1.00 bits per heavy atom. The molecule has 3 aromatic rings. The van der Waals surface area contributed by atoms with E-state index in [1.54, 1.807) is 4.68 Å². The van der Waals surface area contributed by atoms with Crippen LogP contribution in [0.4, 0.5) is 11.6 Å². The first-order valence-corrected chi connectivity index (χ1v) is 10.3. The van der Waals surface area contributed by atoms with Gasteiger partial charge in [0.25, 0.3) is 0 Å². The number of para-hydroxylation sites is 1. The molecule has 0 unspecified atom stereocenters. The molecule has 148 valence electrons. The van der Waals surface area contributed by atoms with Gasteiger partial charge in [-0.15, -0.1) is 0 Å². The molecule has 7 nitrogen and oxygen atoms in total. The van der Waals surface area contributed by atoms with Gasteiger partial charge in [-0.25, -0.2) is 0 Å². The van der Waals surface area contributed by atoms with E-state index in [9.17, 15) is 4.79 Å². The Balaban J connectivity index is 1.22. The number of benzene rings is 2. The lowest BCUT2D eigenvalue weighted by Crippen LogP contribution is -2.39. The first-order valence-electron chi connectivity index (χ1n) is 10.3. The highest BCUT2D eigenvalue weighted by atomic mass is 16.1. The molecular formula is C22H24N6O. The van der Waals surface area contributed by atoms with Crippen molar-refractivity contribution in [3.63, 3.8) is 0 Å². The quantitative estimate of drug-likeness (QED) is 0.744. The van der Waals surface area contributed by atoms with Gasteiger partial charge in [0.15, 0.2) is 0 Å². The summed E-state index contributed by atoms with van der Waals surface area (Å²) in [7, 11) is 0. The first-order chi connectivity index (χ1) is 14.3. The second kappa shape index (κ2) is 7.66. The summed E-state index contributed by atoms with van der Waals surface area (Å²) >= 11 is 0. The van der Waals surface area contributed by atoms with Crippen molar-refractivity contribution < 1.29 is 4.79 Å². The Hall–Kier alpha value is -3.22. The zero-order valence-electron chi connectivity index (χ0n) is 16.3. The predicted octanol–water partition coefficient (Wildman–Crippen LogP) is 3.01. The molecule has 0 saturated carbocycles. The van der Waals surface area contributed by atoms with Crippen molar-refractivity contribution in [1.29, 1.82) is 0 Å². The Kier molecular flexibility index (Phi) is 4.71. The Labute approximate surface area is 169 Å². The van der Waals surface area contributed by atoms with Gasteiger partial charge in [-0.1, -0.05) is 29.4 Å². The molecule has 0 spiro atoms. The molecule has 2 aliphatic rings. The smallest absolute Gasteiger partial charge is 0.250 e. The molecule has 1 fully saturated rings. The highest BCUT2D eigenvalue weighted by Crippen LogP contribution is 2.27. The number of aromatic nitrogens is 4. The van der Waals surface area contributed by atoms with Gasteiger partial charge in [0.05, 0.1) is 5.69 Å². The van der Waals surface area contributed by atoms with Gasteiger partial charge < -0.3 is 10.2 Å². The molecule has 1 amide bonds. The van der Waals surface area contributed by atoms with Crippen LogP contribution in [0.2, 0.25) is 0 Å². The van der Waals surface area contributed by atoms with Crippen LogP contribution in [0.25, 0.3) is 5.69 Å². The average Bonchev–Trinajstić information content (AvgIpc) is 3.44. The molecule has 0 bridgehead atoms. The van der Waals surface area contributed by atoms with Crippen molar-refractivity contribution in [2.75, 3.05) is 23.3 Å². The van der Waals surface area contributed by atoms with Gasteiger partial charge in [-0.05, 0) is 77.9 Å². The van der Waals surface area contributed by atoms with Crippen molar-refractivity contribution >= 4 is 17.5 Å². The monoisotopic (exact) mass is 388 g/mol. The van der Waals surface area contributed by atoms with E-state index in [-0.39, 0.29) is 11.8 Å². The van der Waals surface area contributed by atoms with Crippen molar-refractivity contribution in [3.8, 4) is 5.69 Å². The molecule has 1 saturated heterocycles. The highest BCUT2D eigenvalue weighted by molar-refractivity contribution is 5.92. The molecule has 0 radical (unpaired) electrons. The fourth-order valence-electron chi connectivity index (χ4n) is 4.35. The number of amides is 1. The molecular weight excluding hydrogens is 364 g/mol. The fourth-order valence-corrected chi connectivity index (χ4v) is 4.35. The van der Waals surface area contributed by atoms with Crippen LogP contribution in [0.1, 0.15) is 30.4 Å². The molecule has 2 heterocycles. The molecule has 5 rings (SSSR count). The van der Waals surface area contributed by atoms with Crippen LogP contribution < -0.4 is 10.2 Å². The topological polar surface area (TPSA) is 75.9 Å². The largest absolute Gasteiger partial charge is 0.339 e. The zero-order valence-corrected chi connectivity index (χ0v) is 16.3. The number of rotatable bonds is 4. The minimum Gasteiger partial charge on any atom is -0.339 e. The summed E-state index contributed by atoms with van der Waals surface area (Å²) in [6.45, 7) is 1.52. The van der Waals surface area contributed by atoms with Crippen LogP contribution in [0, 0.1) is 5.92 Å². The molecule has 1 aliphatic carbocycles. The second-order valence-electron chi connectivity index (χ2n) is 7.81. The number of anilines is 2. The maximum Gasteiger partial charge on any atom is 0.250 e. The summed E-state index contributed by atoms with van der Waals surface area (Å²) in [5, 5.41) is 15.3. The van der Waals surface area contributed by atoms with Gasteiger partial charge in [-0.3, -0.25) is 4.79 Å². The number of nitrogens with one attached hydrogen (secondary N) is 1. The highest BCUT2D eigenvalue weighted by Gasteiger charge is 2.28. The third-order valence-corrected chi connectivity index (χ3v) is 5.97. The lowest BCUT2D eigenvalue weighted by molar-refractivity contribution is -0.120. The van der Waals surface area contributed by atoms with E-state index in [1.165, 1.54) is 17.5 Å². The standard InChI is InChI=1S/C22H24N6O/c29-21(23-19-10-9-16-5-4-6-18(16)15-19)17-11-13-27(14-12-17)22-24-25-26-28(22)20-7-2-1-3-8-20/h1-3,7-10,15,17H,4-6,11-14H2,(H,23,29). The number of tetrazole rings is 1. The van der Waals surface area contributed by atoms with Gasteiger partial charge in [0, 0.05) is 24.7 Å². The summed E-state index contributed by atoms with van der Waals surface area (Å²) in [6, 6.07) is 16.2. The molecule has 29 heavy (non-hydrogen) atoms. The van der Waals surface area contributed by atoms with Crippen molar-refractivity contribution in [2.24, 2.45) is 5.92 Å². The number of carbonyl (C=O) groups is 1. The number of piperidine rings is 1. The van der Waals surface area contributed by atoms with Crippen LogP contribution >= 0.6 is 0 Å². The van der Waals surface area contributed by atoms with E-state index in [2.05, 4.69) is 37.9 Å². The van der Waals surface area contributed by atoms with E-state index >= 15 is 0 Å². The number of hydrogen-bond donors (Lipinski definition) is 1. The van der Waals surface area contributed by atoms with Crippen molar-refractivity contribution in [1.82, 2.24) is 20.2 Å². The van der Waals surface area contributed by atoms with Crippen LogP contribution in [-0.2, 0) is 17.6 Å². The van der Waals surface area contributed by atoms with Crippen molar-refractivity contribution in [2.45, 2.75) is 32.1 Å². The summed E-state index contributed by atoms with van der Waals surface area (Å²) in [4.78, 5) is 14.9. The van der Waals surface area contributed by atoms with Crippen LogP contribution in [0.5, 0.6) is 0 Å². The third-order valence-electron chi connectivity index (χ3n) is 5.97. The number of carbonyl (C=O) groups excluding carboxylic acids is 1. The second-order valence-corrected chi connectivity index (χ2v) is 7.81. The first kappa shape index (κ1) is 17.8. The minimum absolute atomic E-state index is 0.0144. The summed E-state index contributed by atoms with van der Waals surface area (Å²) in [6.07, 6.45) is 5.07. The molecule has 7 heteroatoms.